The van der Waals surface area contributed by atoms with E-state index in [4.69, 9.17) is 0 Å². The van der Waals surface area contributed by atoms with E-state index in [1.807, 2.05) is 13.1 Å². The van der Waals surface area contributed by atoms with Crippen LogP contribution in [0.1, 0.15) is 70.7 Å². The van der Waals surface area contributed by atoms with Crippen molar-refractivity contribution in [1.29, 1.82) is 0 Å². The molecule has 1 heterocycles. The predicted molar refractivity (Wildman–Crippen MR) is 88.7 cm³/mol. The first-order valence-corrected chi connectivity index (χ1v) is 8.67. The van der Waals surface area contributed by atoms with Crippen molar-refractivity contribution < 1.29 is 4.79 Å². The molecule has 1 aliphatic rings. The van der Waals surface area contributed by atoms with Crippen LogP contribution < -0.4 is 10.6 Å². The number of carbonyl (C=O) groups is 1. The standard InChI is InChI=1S/C17H30N4O/c1-5-8-12(3)19-17(22)13(4)20-15-9-7-10-16-14(15)11-18-21(16)6-2/h11-13,15,20H,5-10H2,1-4H3,(H,19,22)/t12-,13+,15-/m0/s1. The first-order chi connectivity index (χ1) is 10.6. The molecule has 124 valence electrons. The zero-order valence-electron chi connectivity index (χ0n) is 14.4. The van der Waals surface area contributed by atoms with Crippen LogP contribution in [-0.2, 0) is 17.8 Å². The van der Waals surface area contributed by atoms with E-state index >= 15 is 0 Å². The lowest BCUT2D eigenvalue weighted by Crippen LogP contribution is -2.46. The summed E-state index contributed by atoms with van der Waals surface area (Å²) in [5, 5.41) is 11.1. The molecule has 2 rings (SSSR count). The van der Waals surface area contributed by atoms with Crippen molar-refractivity contribution in [1.82, 2.24) is 20.4 Å². The number of aryl methyl sites for hydroxylation is 1. The van der Waals surface area contributed by atoms with Crippen LogP contribution in [0.2, 0.25) is 0 Å². The van der Waals surface area contributed by atoms with E-state index in [1.165, 1.54) is 11.3 Å². The van der Waals surface area contributed by atoms with Crippen LogP contribution in [0.5, 0.6) is 0 Å². The highest BCUT2D eigenvalue weighted by Crippen LogP contribution is 2.29. The minimum atomic E-state index is -0.180. The van der Waals surface area contributed by atoms with Gasteiger partial charge in [-0.1, -0.05) is 13.3 Å². The normalized spacial score (nSPS) is 20.3. The van der Waals surface area contributed by atoms with Gasteiger partial charge in [-0.05, 0) is 46.5 Å². The molecule has 0 fully saturated rings. The monoisotopic (exact) mass is 306 g/mol. The highest BCUT2D eigenvalue weighted by molar-refractivity contribution is 5.81. The maximum atomic E-state index is 12.3. The summed E-state index contributed by atoms with van der Waals surface area (Å²) in [6.07, 6.45) is 7.40. The summed E-state index contributed by atoms with van der Waals surface area (Å²) in [5.41, 5.74) is 2.60. The second-order valence-electron chi connectivity index (χ2n) is 6.39. The van der Waals surface area contributed by atoms with Crippen LogP contribution in [0.4, 0.5) is 0 Å². The second-order valence-corrected chi connectivity index (χ2v) is 6.39. The van der Waals surface area contributed by atoms with Crippen molar-refractivity contribution in [2.75, 3.05) is 0 Å². The molecule has 2 N–H and O–H groups in total. The number of carbonyl (C=O) groups excluding carboxylic acids is 1. The SMILES string of the molecule is CCC[C@H](C)NC(=O)[C@@H](C)N[C@H]1CCCc2c1cnn2CC. The minimum absolute atomic E-state index is 0.0935. The van der Waals surface area contributed by atoms with Crippen LogP contribution in [0, 0.1) is 0 Å². The highest BCUT2D eigenvalue weighted by Gasteiger charge is 2.26. The van der Waals surface area contributed by atoms with Gasteiger partial charge in [-0.3, -0.25) is 14.8 Å². The van der Waals surface area contributed by atoms with Crippen molar-refractivity contribution in [3.63, 3.8) is 0 Å². The Hall–Kier alpha value is -1.36. The largest absolute Gasteiger partial charge is 0.352 e. The van der Waals surface area contributed by atoms with Gasteiger partial charge < -0.3 is 5.32 Å². The van der Waals surface area contributed by atoms with Gasteiger partial charge in [-0.25, -0.2) is 0 Å². The maximum absolute atomic E-state index is 12.3. The molecular weight excluding hydrogens is 276 g/mol. The molecule has 3 atom stereocenters. The molecule has 1 aromatic heterocycles. The second kappa shape index (κ2) is 7.77. The molecule has 1 amide bonds. The summed E-state index contributed by atoms with van der Waals surface area (Å²) >= 11 is 0. The van der Waals surface area contributed by atoms with Crippen LogP contribution in [0.3, 0.4) is 0 Å². The third-order valence-electron chi connectivity index (χ3n) is 4.52. The number of hydrogen-bond donors (Lipinski definition) is 2. The van der Waals surface area contributed by atoms with Crippen molar-refractivity contribution in [2.45, 2.75) is 84.5 Å². The number of rotatable bonds is 7. The molecule has 0 saturated heterocycles. The number of hydrogen-bond acceptors (Lipinski definition) is 3. The Balaban J connectivity index is 1.96. The highest BCUT2D eigenvalue weighted by atomic mass is 16.2. The number of nitrogens with one attached hydrogen (secondary N) is 2. The van der Waals surface area contributed by atoms with Crippen molar-refractivity contribution >= 4 is 5.91 Å². The number of nitrogens with zero attached hydrogens (tertiary/aromatic N) is 2. The van der Waals surface area contributed by atoms with Gasteiger partial charge in [0.15, 0.2) is 0 Å². The van der Waals surface area contributed by atoms with Crippen LogP contribution >= 0.6 is 0 Å². The van der Waals surface area contributed by atoms with Gasteiger partial charge >= 0.3 is 0 Å². The number of aromatic nitrogens is 2. The molecule has 1 aliphatic carbocycles. The quantitative estimate of drug-likeness (QED) is 0.814. The molecule has 5 heteroatoms. The summed E-state index contributed by atoms with van der Waals surface area (Å²) in [6.45, 7) is 9.19. The van der Waals surface area contributed by atoms with E-state index in [-0.39, 0.29) is 24.0 Å². The molecule has 0 unspecified atom stereocenters. The summed E-state index contributed by atoms with van der Waals surface area (Å²) in [4.78, 5) is 12.3. The van der Waals surface area contributed by atoms with Crippen LogP contribution in [0.25, 0.3) is 0 Å². The number of amides is 1. The molecule has 0 radical (unpaired) electrons. The average Bonchev–Trinajstić information content (AvgIpc) is 2.91. The first kappa shape index (κ1) is 17.0. The minimum Gasteiger partial charge on any atom is -0.352 e. The molecule has 0 aromatic carbocycles. The Morgan fingerprint density at radius 3 is 2.91 bits per heavy atom. The van der Waals surface area contributed by atoms with Crippen molar-refractivity contribution in [3.8, 4) is 0 Å². The zero-order valence-corrected chi connectivity index (χ0v) is 14.4. The molecule has 0 aliphatic heterocycles. The maximum Gasteiger partial charge on any atom is 0.237 e. The van der Waals surface area contributed by atoms with E-state index < -0.39 is 0 Å². The average molecular weight is 306 g/mol. The van der Waals surface area contributed by atoms with Gasteiger partial charge in [-0.15, -0.1) is 0 Å². The van der Waals surface area contributed by atoms with Gasteiger partial charge in [-0.2, -0.15) is 5.10 Å². The topological polar surface area (TPSA) is 59.0 Å². The Morgan fingerprint density at radius 2 is 2.23 bits per heavy atom. The zero-order chi connectivity index (χ0) is 16.1. The Kier molecular flexibility index (Phi) is 6.00. The van der Waals surface area contributed by atoms with Crippen molar-refractivity contribution in [2.24, 2.45) is 0 Å². The van der Waals surface area contributed by atoms with E-state index in [0.717, 1.165) is 38.6 Å². The first-order valence-electron chi connectivity index (χ1n) is 8.67. The molecule has 0 spiro atoms. The molecular formula is C17H30N4O. The molecule has 5 nitrogen and oxygen atoms in total. The lowest BCUT2D eigenvalue weighted by atomic mass is 9.92. The van der Waals surface area contributed by atoms with Crippen molar-refractivity contribution in [3.05, 3.63) is 17.5 Å². The fourth-order valence-electron chi connectivity index (χ4n) is 3.31. The van der Waals surface area contributed by atoms with Gasteiger partial charge in [0.25, 0.3) is 0 Å². The summed E-state index contributed by atoms with van der Waals surface area (Å²) in [6, 6.07) is 0.304. The van der Waals surface area contributed by atoms with Crippen LogP contribution in [-0.4, -0.2) is 27.8 Å². The van der Waals surface area contributed by atoms with E-state index in [1.54, 1.807) is 0 Å². The summed E-state index contributed by atoms with van der Waals surface area (Å²) in [5.74, 6) is 0.0935. The van der Waals surface area contributed by atoms with Gasteiger partial charge in [0.05, 0.1) is 12.2 Å². The molecule has 1 aromatic rings. The van der Waals surface area contributed by atoms with E-state index in [0.29, 0.717) is 0 Å². The summed E-state index contributed by atoms with van der Waals surface area (Å²) < 4.78 is 2.08. The van der Waals surface area contributed by atoms with Gasteiger partial charge in [0.1, 0.15) is 0 Å². The third-order valence-corrected chi connectivity index (χ3v) is 4.52. The Morgan fingerprint density at radius 1 is 1.45 bits per heavy atom. The summed E-state index contributed by atoms with van der Waals surface area (Å²) in [7, 11) is 0. The smallest absolute Gasteiger partial charge is 0.237 e. The Bertz CT molecular complexity index is 497. The predicted octanol–water partition coefficient (Wildman–Crippen LogP) is 2.56. The fourth-order valence-corrected chi connectivity index (χ4v) is 3.31. The van der Waals surface area contributed by atoms with E-state index in [2.05, 4.69) is 41.2 Å². The fraction of sp³-hybridized carbons (Fsp3) is 0.765. The lowest BCUT2D eigenvalue weighted by molar-refractivity contribution is -0.123. The molecule has 0 saturated carbocycles. The van der Waals surface area contributed by atoms with Crippen LogP contribution in [0.15, 0.2) is 6.20 Å². The Labute approximate surface area is 133 Å². The molecule has 22 heavy (non-hydrogen) atoms. The third kappa shape index (κ3) is 3.88. The molecule has 0 bridgehead atoms. The van der Waals surface area contributed by atoms with Gasteiger partial charge in [0.2, 0.25) is 5.91 Å². The lowest BCUT2D eigenvalue weighted by Gasteiger charge is -2.27. The van der Waals surface area contributed by atoms with Gasteiger partial charge in [0, 0.05) is 29.9 Å². The number of fused-ring (bicyclic) bond motifs is 1. The van der Waals surface area contributed by atoms with E-state index in [9.17, 15) is 4.79 Å².